The van der Waals surface area contributed by atoms with Crippen LogP contribution >= 0.6 is 0 Å². The number of nitrogens with zero attached hydrogens (tertiary/aromatic N) is 2. The van der Waals surface area contributed by atoms with E-state index in [9.17, 15) is 9.59 Å². The van der Waals surface area contributed by atoms with Gasteiger partial charge in [-0.2, -0.15) is 0 Å². The van der Waals surface area contributed by atoms with Crippen LogP contribution in [0.1, 0.15) is 51.9 Å². The lowest BCUT2D eigenvalue weighted by Crippen LogP contribution is -2.46. The average Bonchev–Trinajstić information content (AvgIpc) is 2.44. The van der Waals surface area contributed by atoms with Crippen molar-refractivity contribution in [3.05, 3.63) is 0 Å². The summed E-state index contributed by atoms with van der Waals surface area (Å²) in [6.45, 7) is 3.32. The van der Waals surface area contributed by atoms with E-state index in [0.717, 1.165) is 32.2 Å². The Bertz CT molecular complexity index is 314. The van der Waals surface area contributed by atoms with Gasteiger partial charge in [-0.3, -0.25) is 14.5 Å². The van der Waals surface area contributed by atoms with Gasteiger partial charge in [-0.1, -0.05) is 32.6 Å². The van der Waals surface area contributed by atoms with Gasteiger partial charge in [0.15, 0.2) is 0 Å². The van der Waals surface area contributed by atoms with Crippen LogP contribution < -0.4 is 5.73 Å². The van der Waals surface area contributed by atoms with Crippen molar-refractivity contribution in [3.8, 4) is 0 Å². The van der Waals surface area contributed by atoms with Crippen molar-refractivity contribution in [2.24, 2.45) is 5.73 Å². The highest BCUT2D eigenvalue weighted by molar-refractivity contribution is 5.80. The number of amides is 2. The summed E-state index contributed by atoms with van der Waals surface area (Å²) in [5.74, 6) is -0.261. The van der Waals surface area contributed by atoms with Gasteiger partial charge in [0.1, 0.15) is 0 Å². The van der Waals surface area contributed by atoms with E-state index in [4.69, 9.17) is 5.73 Å². The van der Waals surface area contributed by atoms with Crippen molar-refractivity contribution in [1.29, 1.82) is 0 Å². The van der Waals surface area contributed by atoms with Gasteiger partial charge in [-0.25, -0.2) is 0 Å². The number of carbonyl (C=O) groups is 2. The topological polar surface area (TPSA) is 66.6 Å². The van der Waals surface area contributed by atoms with Crippen LogP contribution in [-0.4, -0.2) is 54.3 Å². The first-order chi connectivity index (χ1) is 9.54. The van der Waals surface area contributed by atoms with Gasteiger partial charge in [0.2, 0.25) is 11.8 Å². The Labute approximate surface area is 122 Å². The van der Waals surface area contributed by atoms with Crippen LogP contribution in [0.5, 0.6) is 0 Å². The smallest absolute Gasteiger partial charge is 0.236 e. The number of unbranched alkanes of at least 4 members (excludes halogenated alkanes) is 1. The number of primary amides is 1. The Balaban J connectivity index is 2.47. The Morgan fingerprint density at radius 2 is 1.80 bits per heavy atom. The first-order valence-electron chi connectivity index (χ1n) is 7.81. The fourth-order valence-electron chi connectivity index (χ4n) is 2.79. The van der Waals surface area contributed by atoms with Crippen molar-refractivity contribution in [2.45, 2.75) is 57.9 Å². The van der Waals surface area contributed by atoms with Gasteiger partial charge in [-0.15, -0.1) is 0 Å². The van der Waals surface area contributed by atoms with E-state index in [1.54, 1.807) is 0 Å². The molecule has 0 unspecified atom stereocenters. The van der Waals surface area contributed by atoms with E-state index in [-0.39, 0.29) is 18.4 Å². The Morgan fingerprint density at radius 3 is 2.35 bits per heavy atom. The summed E-state index contributed by atoms with van der Waals surface area (Å²) in [7, 11) is 1.89. The summed E-state index contributed by atoms with van der Waals surface area (Å²) in [4.78, 5) is 27.2. The summed E-state index contributed by atoms with van der Waals surface area (Å²) in [5, 5.41) is 0. The van der Waals surface area contributed by atoms with Crippen molar-refractivity contribution < 1.29 is 9.59 Å². The quantitative estimate of drug-likeness (QED) is 0.731. The van der Waals surface area contributed by atoms with Gasteiger partial charge >= 0.3 is 0 Å². The van der Waals surface area contributed by atoms with Crippen molar-refractivity contribution in [1.82, 2.24) is 9.80 Å². The zero-order valence-corrected chi connectivity index (χ0v) is 12.9. The number of likely N-dealkylation sites (N-methyl/N-ethyl adjacent to an activating group) is 1. The summed E-state index contributed by atoms with van der Waals surface area (Å²) in [6, 6.07) is 0.373. The molecular weight excluding hydrogens is 254 g/mol. The summed E-state index contributed by atoms with van der Waals surface area (Å²) in [6.07, 6.45) is 7.94. The molecule has 0 aromatic carbocycles. The van der Waals surface area contributed by atoms with Crippen LogP contribution in [0.15, 0.2) is 0 Å². The molecule has 0 atom stereocenters. The minimum absolute atomic E-state index is 0.106. The average molecular weight is 283 g/mol. The Kier molecular flexibility index (Phi) is 7.59. The van der Waals surface area contributed by atoms with Gasteiger partial charge in [-0.05, 0) is 25.8 Å². The van der Waals surface area contributed by atoms with Crippen molar-refractivity contribution in [2.75, 3.05) is 26.7 Å². The summed E-state index contributed by atoms with van der Waals surface area (Å²) in [5.41, 5.74) is 5.25. The maximum Gasteiger partial charge on any atom is 0.236 e. The molecule has 0 heterocycles. The number of nitrogens with two attached hydrogens (primary N) is 1. The lowest BCUT2D eigenvalue weighted by Gasteiger charge is -2.33. The molecule has 0 radical (unpaired) electrons. The molecule has 116 valence electrons. The fourth-order valence-corrected chi connectivity index (χ4v) is 2.79. The first-order valence-corrected chi connectivity index (χ1v) is 7.81. The number of carbonyl (C=O) groups excluding carboxylic acids is 2. The molecule has 1 rings (SSSR count). The Morgan fingerprint density at radius 1 is 1.15 bits per heavy atom. The number of rotatable bonds is 8. The zero-order chi connectivity index (χ0) is 15.0. The van der Waals surface area contributed by atoms with Gasteiger partial charge in [0.25, 0.3) is 0 Å². The van der Waals surface area contributed by atoms with E-state index in [1.807, 2.05) is 16.8 Å². The fraction of sp³-hybridized carbons (Fsp3) is 0.867. The standard InChI is InChI=1S/C15H29N3O2/c1-3-4-10-18(11-14(16)19)12-15(20)17(2)13-8-6-5-7-9-13/h13H,3-12H2,1-2H3,(H2,16,19). The second-order valence-electron chi connectivity index (χ2n) is 5.83. The summed E-state index contributed by atoms with van der Waals surface area (Å²) < 4.78 is 0. The normalized spacial score (nSPS) is 16.4. The molecule has 1 saturated carbocycles. The second kappa shape index (κ2) is 8.95. The third-order valence-corrected chi connectivity index (χ3v) is 4.08. The van der Waals surface area contributed by atoms with E-state index < -0.39 is 0 Å². The van der Waals surface area contributed by atoms with E-state index in [2.05, 4.69) is 6.92 Å². The highest BCUT2D eigenvalue weighted by atomic mass is 16.2. The van der Waals surface area contributed by atoms with Crippen LogP contribution in [0.3, 0.4) is 0 Å². The molecule has 0 aromatic rings. The first kappa shape index (κ1) is 17.0. The highest BCUT2D eigenvalue weighted by Gasteiger charge is 2.23. The predicted octanol–water partition coefficient (Wildman–Crippen LogP) is 1.36. The van der Waals surface area contributed by atoms with Crippen molar-refractivity contribution in [3.63, 3.8) is 0 Å². The molecular formula is C15H29N3O2. The van der Waals surface area contributed by atoms with Crippen LogP contribution in [0.4, 0.5) is 0 Å². The van der Waals surface area contributed by atoms with Crippen LogP contribution in [0.25, 0.3) is 0 Å². The molecule has 0 saturated heterocycles. The molecule has 20 heavy (non-hydrogen) atoms. The number of hydrogen-bond donors (Lipinski definition) is 1. The summed E-state index contributed by atoms with van der Waals surface area (Å²) >= 11 is 0. The van der Waals surface area contributed by atoms with E-state index in [1.165, 1.54) is 19.3 Å². The molecule has 2 N–H and O–H groups in total. The molecule has 5 nitrogen and oxygen atoms in total. The Hall–Kier alpha value is -1.10. The van der Waals surface area contributed by atoms with Gasteiger partial charge in [0.05, 0.1) is 13.1 Å². The third-order valence-electron chi connectivity index (χ3n) is 4.08. The SMILES string of the molecule is CCCCN(CC(N)=O)CC(=O)N(C)C1CCCCC1. The predicted molar refractivity (Wildman–Crippen MR) is 80.2 cm³/mol. The van der Waals surface area contributed by atoms with Crippen LogP contribution in [-0.2, 0) is 9.59 Å². The highest BCUT2D eigenvalue weighted by Crippen LogP contribution is 2.21. The largest absolute Gasteiger partial charge is 0.369 e. The monoisotopic (exact) mass is 283 g/mol. The molecule has 1 aliphatic rings. The van der Waals surface area contributed by atoms with Crippen LogP contribution in [0, 0.1) is 0 Å². The van der Waals surface area contributed by atoms with Gasteiger partial charge in [0, 0.05) is 13.1 Å². The number of hydrogen-bond acceptors (Lipinski definition) is 3. The molecule has 0 bridgehead atoms. The minimum Gasteiger partial charge on any atom is -0.369 e. The van der Waals surface area contributed by atoms with Crippen molar-refractivity contribution >= 4 is 11.8 Å². The maximum atomic E-state index is 12.3. The van der Waals surface area contributed by atoms with E-state index in [0.29, 0.717) is 12.6 Å². The molecule has 2 amide bonds. The lowest BCUT2D eigenvalue weighted by atomic mass is 9.94. The molecule has 0 aliphatic heterocycles. The molecule has 0 aromatic heterocycles. The molecule has 5 heteroatoms. The van der Waals surface area contributed by atoms with Gasteiger partial charge < -0.3 is 10.6 Å². The van der Waals surface area contributed by atoms with E-state index >= 15 is 0 Å². The molecule has 1 aliphatic carbocycles. The minimum atomic E-state index is -0.366. The van der Waals surface area contributed by atoms with Crippen LogP contribution in [0.2, 0.25) is 0 Å². The molecule has 1 fully saturated rings. The molecule has 0 spiro atoms. The maximum absolute atomic E-state index is 12.3. The zero-order valence-electron chi connectivity index (χ0n) is 12.9. The second-order valence-corrected chi connectivity index (χ2v) is 5.83. The third kappa shape index (κ3) is 5.90. The lowest BCUT2D eigenvalue weighted by molar-refractivity contribution is -0.134.